The molecule has 3 rings (SSSR count). The first-order chi connectivity index (χ1) is 11.1. The Kier molecular flexibility index (Phi) is 4.08. The van der Waals surface area contributed by atoms with Crippen LogP contribution in [0.4, 0.5) is 0 Å². The van der Waals surface area contributed by atoms with Gasteiger partial charge in [-0.3, -0.25) is 0 Å². The molecule has 0 bridgehead atoms. The number of halogens is 1. The Morgan fingerprint density at radius 3 is 2.65 bits per heavy atom. The third kappa shape index (κ3) is 3.07. The Labute approximate surface area is 138 Å². The van der Waals surface area contributed by atoms with Crippen LogP contribution >= 0.6 is 11.6 Å². The average Bonchev–Trinajstić information content (AvgIpc) is 2.55. The van der Waals surface area contributed by atoms with E-state index in [1.54, 1.807) is 30.4 Å². The minimum Gasteiger partial charge on any atom is -0.506 e. The molecule has 0 aliphatic heterocycles. The van der Waals surface area contributed by atoms with Crippen LogP contribution in [0.3, 0.4) is 0 Å². The number of phenolic OH excluding ortho intramolecular Hbond substituents is 2. The van der Waals surface area contributed by atoms with Crippen LogP contribution in [0.25, 0.3) is 23.1 Å². The first-order valence-electron chi connectivity index (χ1n) is 6.92. The summed E-state index contributed by atoms with van der Waals surface area (Å²) >= 11 is 6.12. The monoisotopic (exact) mass is 327 g/mol. The van der Waals surface area contributed by atoms with Gasteiger partial charge in [0.2, 0.25) is 0 Å². The number of ether oxygens (including phenoxy) is 1. The van der Waals surface area contributed by atoms with Crippen molar-refractivity contribution in [3.05, 3.63) is 58.7 Å². The molecule has 0 amide bonds. The van der Waals surface area contributed by atoms with E-state index in [-0.39, 0.29) is 11.5 Å². The molecule has 5 heteroatoms. The van der Waals surface area contributed by atoms with Crippen LogP contribution in [0.5, 0.6) is 17.2 Å². The molecule has 0 aliphatic carbocycles. The molecule has 1 aromatic heterocycles. The van der Waals surface area contributed by atoms with E-state index < -0.39 is 0 Å². The van der Waals surface area contributed by atoms with Crippen LogP contribution < -0.4 is 4.74 Å². The Morgan fingerprint density at radius 1 is 1.04 bits per heavy atom. The van der Waals surface area contributed by atoms with Gasteiger partial charge in [-0.25, -0.2) is 4.98 Å². The van der Waals surface area contributed by atoms with Gasteiger partial charge >= 0.3 is 0 Å². The van der Waals surface area contributed by atoms with Gasteiger partial charge in [0, 0.05) is 11.5 Å². The van der Waals surface area contributed by atoms with Gasteiger partial charge in [0.05, 0.1) is 17.8 Å². The maximum absolute atomic E-state index is 9.87. The van der Waals surface area contributed by atoms with Gasteiger partial charge in [0.25, 0.3) is 0 Å². The molecule has 0 aliphatic rings. The smallest absolute Gasteiger partial charge is 0.161 e. The third-order valence-electron chi connectivity index (χ3n) is 3.45. The maximum atomic E-state index is 9.87. The summed E-state index contributed by atoms with van der Waals surface area (Å²) in [7, 11) is 1.48. The highest BCUT2D eigenvalue weighted by atomic mass is 35.5. The number of methoxy groups -OCH3 is 1. The summed E-state index contributed by atoms with van der Waals surface area (Å²) in [6.07, 6.45) is 3.56. The van der Waals surface area contributed by atoms with Crippen molar-refractivity contribution in [2.24, 2.45) is 0 Å². The second-order valence-corrected chi connectivity index (χ2v) is 5.37. The minimum absolute atomic E-state index is 0.0107. The van der Waals surface area contributed by atoms with Gasteiger partial charge in [-0.2, -0.15) is 0 Å². The standard InChI is InChI=1S/C18H14ClNO3/c1-23-17-9-12(14(19)10-16(17)22)6-8-13-7-5-11-3-2-4-15(21)18(11)20-13/h2-10,21-22H,1H3/b8-6+. The summed E-state index contributed by atoms with van der Waals surface area (Å²) in [4.78, 5) is 4.42. The van der Waals surface area contributed by atoms with E-state index in [4.69, 9.17) is 16.3 Å². The van der Waals surface area contributed by atoms with Crippen molar-refractivity contribution < 1.29 is 14.9 Å². The second kappa shape index (κ2) is 6.18. The largest absolute Gasteiger partial charge is 0.506 e. The number of hydrogen-bond donors (Lipinski definition) is 2. The molecule has 2 aromatic carbocycles. The molecule has 2 N–H and O–H groups in total. The molecular formula is C18H14ClNO3. The zero-order valence-electron chi connectivity index (χ0n) is 12.3. The van der Waals surface area contributed by atoms with Gasteiger partial charge in [0.1, 0.15) is 11.3 Å². The van der Waals surface area contributed by atoms with Crippen molar-refractivity contribution in [2.45, 2.75) is 0 Å². The third-order valence-corrected chi connectivity index (χ3v) is 3.78. The zero-order valence-corrected chi connectivity index (χ0v) is 13.1. The minimum atomic E-state index is -0.0107. The number of phenols is 2. The second-order valence-electron chi connectivity index (χ2n) is 4.96. The molecule has 1 heterocycles. The lowest BCUT2D eigenvalue weighted by Crippen LogP contribution is -1.86. The molecule has 0 radical (unpaired) electrons. The van der Waals surface area contributed by atoms with E-state index in [2.05, 4.69) is 4.98 Å². The molecule has 0 saturated heterocycles. The first kappa shape index (κ1) is 15.2. The van der Waals surface area contributed by atoms with Crippen LogP contribution in [0, 0.1) is 0 Å². The number of rotatable bonds is 3. The summed E-state index contributed by atoms with van der Waals surface area (Å²) in [5.74, 6) is 0.476. The summed E-state index contributed by atoms with van der Waals surface area (Å²) in [6, 6.07) is 12.1. The number of para-hydroxylation sites is 1. The summed E-state index contributed by atoms with van der Waals surface area (Å²) in [6.45, 7) is 0. The molecule has 0 saturated carbocycles. The number of hydrogen-bond acceptors (Lipinski definition) is 4. The molecule has 4 nitrogen and oxygen atoms in total. The highest BCUT2D eigenvalue weighted by molar-refractivity contribution is 6.32. The Bertz CT molecular complexity index is 906. The van der Waals surface area contributed by atoms with Crippen molar-refractivity contribution in [1.29, 1.82) is 0 Å². The van der Waals surface area contributed by atoms with Crippen molar-refractivity contribution in [3.8, 4) is 17.2 Å². The Balaban J connectivity index is 1.98. The quantitative estimate of drug-likeness (QED) is 0.744. The van der Waals surface area contributed by atoms with E-state index in [0.717, 1.165) is 5.39 Å². The van der Waals surface area contributed by atoms with E-state index in [0.29, 0.717) is 27.5 Å². The summed E-state index contributed by atoms with van der Waals surface area (Å²) in [5.41, 5.74) is 1.92. The molecule has 0 atom stereocenters. The topological polar surface area (TPSA) is 62.6 Å². The van der Waals surface area contributed by atoms with Crippen molar-refractivity contribution in [3.63, 3.8) is 0 Å². The average molecular weight is 328 g/mol. The van der Waals surface area contributed by atoms with Crippen LogP contribution in [0.15, 0.2) is 42.5 Å². The SMILES string of the molecule is COc1cc(/C=C/c2ccc3cccc(O)c3n2)c(Cl)cc1O. The number of aromatic hydroxyl groups is 2. The fraction of sp³-hybridized carbons (Fsp3) is 0.0556. The van der Waals surface area contributed by atoms with E-state index in [1.807, 2.05) is 18.2 Å². The van der Waals surface area contributed by atoms with Gasteiger partial charge in [-0.15, -0.1) is 0 Å². The number of fused-ring (bicyclic) bond motifs is 1. The summed E-state index contributed by atoms with van der Waals surface area (Å²) < 4.78 is 5.07. The Morgan fingerprint density at radius 2 is 1.87 bits per heavy atom. The highest BCUT2D eigenvalue weighted by Gasteiger charge is 2.06. The fourth-order valence-electron chi connectivity index (χ4n) is 2.26. The van der Waals surface area contributed by atoms with Crippen LogP contribution in [0.1, 0.15) is 11.3 Å². The molecule has 0 unspecified atom stereocenters. The number of pyridine rings is 1. The van der Waals surface area contributed by atoms with Crippen LogP contribution in [-0.2, 0) is 0 Å². The van der Waals surface area contributed by atoms with E-state index in [1.165, 1.54) is 13.2 Å². The fourth-order valence-corrected chi connectivity index (χ4v) is 2.49. The lowest BCUT2D eigenvalue weighted by atomic mass is 10.1. The number of aromatic nitrogens is 1. The first-order valence-corrected chi connectivity index (χ1v) is 7.29. The zero-order chi connectivity index (χ0) is 16.4. The lowest BCUT2D eigenvalue weighted by molar-refractivity contribution is 0.373. The van der Waals surface area contributed by atoms with Crippen LogP contribution in [0.2, 0.25) is 5.02 Å². The molecule has 0 fully saturated rings. The van der Waals surface area contributed by atoms with Crippen LogP contribution in [-0.4, -0.2) is 22.3 Å². The normalized spacial score (nSPS) is 11.2. The number of nitrogens with zero attached hydrogens (tertiary/aromatic N) is 1. The maximum Gasteiger partial charge on any atom is 0.161 e. The Hall–Kier alpha value is -2.72. The molecule has 3 aromatic rings. The van der Waals surface area contributed by atoms with E-state index >= 15 is 0 Å². The molecular weight excluding hydrogens is 314 g/mol. The van der Waals surface area contributed by atoms with Gasteiger partial charge < -0.3 is 14.9 Å². The highest BCUT2D eigenvalue weighted by Crippen LogP contribution is 2.33. The van der Waals surface area contributed by atoms with Crippen molar-refractivity contribution in [2.75, 3.05) is 7.11 Å². The molecule has 116 valence electrons. The predicted molar refractivity (Wildman–Crippen MR) is 92.0 cm³/mol. The number of benzene rings is 2. The van der Waals surface area contributed by atoms with Gasteiger partial charge in [0.15, 0.2) is 11.5 Å². The van der Waals surface area contributed by atoms with Gasteiger partial charge in [-0.1, -0.05) is 35.9 Å². The predicted octanol–water partition coefficient (Wildman–Crippen LogP) is 4.48. The molecule has 0 spiro atoms. The van der Waals surface area contributed by atoms with Gasteiger partial charge in [-0.05, 0) is 29.8 Å². The molecule has 23 heavy (non-hydrogen) atoms. The summed E-state index contributed by atoms with van der Waals surface area (Å²) in [5, 5.41) is 20.8. The van der Waals surface area contributed by atoms with E-state index in [9.17, 15) is 10.2 Å². The van der Waals surface area contributed by atoms with Crippen molar-refractivity contribution in [1.82, 2.24) is 4.98 Å². The van der Waals surface area contributed by atoms with Crippen molar-refractivity contribution >= 4 is 34.7 Å². The lowest BCUT2D eigenvalue weighted by Gasteiger charge is -2.06.